The third kappa shape index (κ3) is 3.11. The first kappa shape index (κ1) is 13.1. The molecule has 98 valence electrons. The molecular formula is C13H18N2O2S. The summed E-state index contributed by atoms with van der Waals surface area (Å²) in [4.78, 5) is 5.30. The predicted molar refractivity (Wildman–Crippen MR) is 73.0 cm³/mol. The first-order valence-electron chi connectivity index (χ1n) is 5.80. The second-order valence-corrected chi connectivity index (χ2v) is 5.99. The largest absolute Gasteiger partial charge is 0.496 e. The van der Waals surface area contributed by atoms with Crippen LogP contribution in [0.4, 0.5) is 0 Å². The third-order valence-corrected chi connectivity index (χ3v) is 3.37. The fourth-order valence-electron chi connectivity index (χ4n) is 1.49. The first-order chi connectivity index (χ1) is 8.49. The van der Waals surface area contributed by atoms with Gasteiger partial charge in [-0.3, -0.25) is 0 Å². The fourth-order valence-corrected chi connectivity index (χ4v) is 2.35. The molecule has 0 saturated heterocycles. The Bertz CT molecular complexity index is 511. The Kier molecular flexibility index (Phi) is 3.73. The summed E-state index contributed by atoms with van der Waals surface area (Å²) in [5.41, 5.74) is 0.984. The van der Waals surface area contributed by atoms with Gasteiger partial charge in [0.15, 0.2) is 12.2 Å². The molecule has 2 aromatic rings. The van der Waals surface area contributed by atoms with Crippen molar-refractivity contribution in [3.63, 3.8) is 0 Å². The molecule has 0 aromatic carbocycles. The molecule has 1 N–H and O–H groups in total. The summed E-state index contributed by atoms with van der Waals surface area (Å²) >= 11 is 1.59. The average molecular weight is 266 g/mol. The van der Waals surface area contributed by atoms with Crippen molar-refractivity contribution in [1.82, 2.24) is 10.3 Å². The molecule has 0 atom stereocenters. The molecule has 0 aliphatic rings. The number of nitrogens with one attached hydrogen (secondary N) is 1. The molecule has 2 rings (SSSR count). The number of methoxy groups -OCH3 is 1. The fraction of sp³-hybridized carbons (Fsp3) is 0.462. The van der Waals surface area contributed by atoms with Gasteiger partial charge >= 0.3 is 0 Å². The van der Waals surface area contributed by atoms with E-state index in [2.05, 4.69) is 31.1 Å². The minimum atomic E-state index is 0.0589. The zero-order chi connectivity index (χ0) is 13.2. The van der Waals surface area contributed by atoms with Gasteiger partial charge in [0.1, 0.15) is 11.4 Å². The Morgan fingerprint density at radius 2 is 2.22 bits per heavy atom. The van der Waals surface area contributed by atoms with Gasteiger partial charge in [-0.2, -0.15) is 0 Å². The van der Waals surface area contributed by atoms with E-state index in [1.807, 2.05) is 11.4 Å². The van der Waals surface area contributed by atoms with Crippen LogP contribution in [0.5, 0.6) is 5.75 Å². The lowest BCUT2D eigenvalue weighted by Gasteiger charge is -2.19. The number of oxazole rings is 1. The van der Waals surface area contributed by atoms with Crippen LogP contribution >= 0.6 is 11.3 Å². The smallest absolute Gasteiger partial charge is 0.181 e. The number of thiophene rings is 1. The Balaban J connectivity index is 2.17. The minimum Gasteiger partial charge on any atom is -0.496 e. The molecule has 0 bridgehead atoms. The van der Waals surface area contributed by atoms with Crippen molar-refractivity contribution in [1.29, 1.82) is 0 Å². The molecule has 0 spiro atoms. The number of aromatic nitrogens is 1. The quantitative estimate of drug-likeness (QED) is 0.922. The van der Waals surface area contributed by atoms with Crippen molar-refractivity contribution in [2.75, 3.05) is 7.11 Å². The van der Waals surface area contributed by atoms with Crippen molar-refractivity contribution >= 4 is 11.3 Å². The molecule has 0 saturated carbocycles. The van der Waals surface area contributed by atoms with Crippen molar-refractivity contribution in [2.24, 2.45) is 0 Å². The van der Waals surface area contributed by atoms with Crippen LogP contribution in [-0.2, 0) is 6.54 Å². The van der Waals surface area contributed by atoms with Crippen LogP contribution in [0.1, 0.15) is 26.5 Å². The third-order valence-electron chi connectivity index (χ3n) is 2.46. The highest BCUT2D eigenvalue weighted by molar-refractivity contribution is 7.13. The van der Waals surface area contributed by atoms with E-state index in [4.69, 9.17) is 9.15 Å². The van der Waals surface area contributed by atoms with Crippen LogP contribution in [0.3, 0.4) is 0 Å². The van der Waals surface area contributed by atoms with Crippen molar-refractivity contribution in [3.05, 3.63) is 23.5 Å². The topological polar surface area (TPSA) is 47.3 Å². The molecule has 0 aliphatic heterocycles. The zero-order valence-corrected chi connectivity index (χ0v) is 11.9. The van der Waals surface area contributed by atoms with E-state index in [1.54, 1.807) is 18.4 Å². The van der Waals surface area contributed by atoms with E-state index in [1.165, 1.54) is 6.39 Å². The maximum absolute atomic E-state index is 5.48. The molecule has 0 aliphatic carbocycles. The standard InChI is InChI=1S/C13H18N2O2S/c1-13(2,3)15-6-10-12(17-8-14-10)11-5-9(16-4)7-18-11/h5,7-8,15H,6H2,1-4H3. The predicted octanol–water partition coefficient (Wildman–Crippen LogP) is 3.30. The summed E-state index contributed by atoms with van der Waals surface area (Å²) in [6.45, 7) is 7.07. The number of rotatable bonds is 4. The Morgan fingerprint density at radius 3 is 2.83 bits per heavy atom. The molecule has 2 heterocycles. The highest BCUT2D eigenvalue weighted by atomic mass is 32.1. The van der Waals surface area contributed by atoms with Gasteiger partial charge in [-0.15, -0.1) is 11.3 Å². The molecule has 0 radical (unpaired) electrons. The Labute approximate surface area is 111 Å². The second kappa shape index (κ2) is 5.12. The van der Waals surface area contributed by atoms with Crippen molar-refractivity contribution in [3.8, 4) is 16.4 Å². The summed E-state index contributed by atoms with van der Waals surface area (Å²) in [6, 6.07) is 1.96. The summed E-state index contributed by atoms with van der Waals surface area (Å²) in [5, 5.41) is 5.36. The summed E-state index contributed by atoms with van der Waals surface area (Å²) < 4.78 is 10.7. The normalized spacial score (nSPS) is 11.8. The lowest BCUT2D eigenvalue weighted by Crippen LogP contribution is -2.35. The Hall–Kier alpha value is -1.33. The zero-order valence-electron chi connectivity index (χ0n) is 11.1. The number of ether oxygens (including phenoxy) is 1. The van der Waals surface area contributed by atoms with Gasteiger partial charge in [0.25, 0.3) is 0 Å². The van der Waals surface area contributed by atoms with E-state index in [-0.39, 0.29) is 5.54 Å². The monoisotopic (exact) mass is 266 g/mol. The molecule has 18 heavy (non-hydrogen) atoms. The number of hydrogen-bond donors (Lipinski definition) is 1. The number of hydrogen-bond acceptors (Lipinski definition) is 5. The van der Waals surface area contributed by atoms with E-state index >= 15 is 0 Å². The molecule has 0 unspecified atom stereocenters. The summed E-state index contributed by atoms with van der Waals surface area (Å²) in [5.74, 6) is 1.67. The second-order valence-electron chi connectivity index (χ2n) is 5.08. The molecule has 5 heteroatoms. The Morgan fingerprint density at radius 1 is 1.44 bits per heavy atom. The maximum atomic E-state index is 5.48. The lowest BCUT2D eigenvalue weighted by atomic mass is 10.1. The minimum absolute atomic E-state index is 0.0589. The molecule has 2 aromatic heterocycles. The number of nitrogens with zero attached hydrogens (tertiary/aromatic N) is 1. The molecular weight excluding hydrogens is 248 g/mol. The van der Waals surface area contributed by atoms with Gasteiger partial charge in [-0.1, -0.05) is 0 Å². The van der Waals surface area contributed by atoms with Gasteiger partial charge in [0.05, 0.1) is 12.0 Å². The first-order valence-corrected chi connectivity index (χ1v) is 6.68. The summed E-state index contributed by atoms with van der Waals surface area (Å²) in [7, 11) is 1.66. The van der Waals surface area contributed by atoms with Crippen molar-refractivity contribution in [2.45, 2.75) is 32.9 Å². The van der Waals surface area contributed by atoms with Crippen LogP contribution < -0.4 is 10.1 Å². The van der Waals surface area contributed by atoms with Gasteiger partial charge in [0.2, 0.25) is 0 Å². The van der Waals surface area contributed by atoms with Crippen LogP contribution in [0, 0.1) is 0 Å². The van der Waals surface area contributed by atoms with E-state index in [0.29, 0.717) is 6.54 Å². The van der Waals surface area contributed by atoms with Gasteiger partial charge < -0.3 is 14.5 Å². The van der Waals surface area contributed by atoms with Gasteiger partial charge in [0, 0.05) is 23.5 Å². The van der Waals surface area contributed by atoms with Crippen LogP contribution in [-0.4, -0.2) is 17.6 Å². The maximum Gasteiger partial charge on any atom is 0.181 e. The highest BCUT2D eigenvalue weighted by Crippen LogP contribution is 2.32. The lowest BCUT2D eigenvalue weighted by molar-refractivity contribution is 0.416. The van der Waals surface area contributed by atoms with Crippen LogP contribution in [0.25, 0.3) is 10.6 Å². The average Bonchev–Trinajstić information content (AvgIpc) is 2.93. The highest BCUT2D eigenvalue weighted by Gasteiger charge is 2.16. The van der Waals surface area contributed by atoms with Gasteiger partial charge in [-0.05, 0) is 20.8 Å². The summed E-state index contributed by atoms with van der Waals surface area (Å²) in [6.07, 6.45) is 1.49. The molecule has 4 nitrogen and oxygen atoms in total. The SMILES string of the molecule is COc1csc(-c2ocnc2CNC(C)(C)C)c1. The van der Waals surface area contributed by atoms with E-state index < -0.39 is 0 Å². The van der Waals surface area contributed by atoms with Crippen molar-refractivity contribution < 1.29 is 9.15 Å². The van der Waals surface area contributed by atoms with E-state index in [0.717, 1.165) is 22.1 Å². The molecule has 0 amide bonds. The van der Waals surface area contributed by atoms with Crippen LogP contribution in [0.15, 0.2) is 22.3 Å². The van der Waals surface area contributed by atoms with Gasteiger partial charge in [-0.25, -0.2) is 4.98 Å². The van der Waals surface area contributed by atoms with E-state index in [9.17, 15) is 0 Å². The van der Waals surface area contributed by atoms with Crippen LogP contribution in [0.2, 0.25) is 0 Å². The molecule has 0 fully saturated rings.